The molecule has 1 aliphatic rings. The van der Waals surface area contributed by atoms with Gasteiger partial charge >= 0.3 is 0 Å². The third kappa shape index (κ3) is 3.24. The van der Waals surface area contributed by atoms with Crippen molar-refractivity contribution in [3.8, 4) is 5.75 Å². The molecule has 0 N–H and O–H groups in total. The summed E-state index contributed by atoms with van der Waals surface area (Å²) in [6, 6.07) is 8.12. The summed E-state index contributed by atoms with van der Waals surface area (Å²) in [4.78, 5) is 22.9. The van der Waals surface area contributed by atoms with Crippen molar-refractivity contribution in [3.63, 3.8) is 0 Å². The van der Waals surface area contributed by atoms with E-state index in [1.165, 1.54) is 0 Å². The lowest BCUT2D eigenvalue weighted by Gasteiger charge is -2.22. The van der Waals surface area contributed by atoms with Gasteiger partial charge in [-0.2, -0.15) is 0 Å². The number of nitrogens with zero attached hydrogens (tertiary/aromatic N) is 3. The van der Waals surface area contributed by atoms with Gasteiger partial charge in [0.2, 0.25) is 0 Å². The standard InChI is InChI=1S/C17H19N3O2/c1-12-9-19-16(10-18-12)17(21)20(14-5-6-14)11-13-3-7-15(22-2)8-4-13/h3-4,7-10,14H,5-6,11H2,1-2H3. The molecule has 0 saturated heterocycles. The molecule has 2 aromatic rings. The van der Waals surface area contributed by atoms with Gasteiger partial charge in [-0.1, -0.05) is 12.1 Å². The Kier molecular flexibility index (Phi) is 4.04. The van der Waals surface area contributed by atoms with Crippen molar-refractivity contribution >= 4 is 5.91 Å². The smallest absolute Gasteiger partial charge is 0.274 e. The summed E-state index contributed by atoms with van der Waals surface area (Å²) in [6.07, 6.45) is 5.30. The van der Waals surface area contributed by atoms with Crippen LogP contribution >= 0.6 is 0 Å². The van der Waals surface area contributed by atoms with Crippen molar-refractivity contribution in [1.82, 2.24) is 14.9 Å². The Bertz CT molecular complexity index is 649. The minimum absolute atomic E-state index is 0.0502. The van der Waals surface area contributed by atoms with Crippen LogP contribution in [-0.2, 0) is 6.54 Å². The number of amides is 1. The number of rotatable bonds is 5. The summed E-state index contributed by atoms with van der Waals surface area (Å²) in [5.41, 5.74) is 2.30. The van der Waals surface area contributed by atoms with Gasteiger partial charge in [0.15, 0.2) is 0 Å². The van der Waals surface area contributed by atoms with Gasteiger partial charge in [-0.15, -0.1) is 0 Å². The predicted octanol–water partition coefficient (Wildman–Crippen LogP) is 2.60. The maximum Gasteiger partial charge on any atom is 0.274 e. The first-order chi connectivity index (χ1) is 10.7. The van der Waals surface area contributed by atoms with Gasteiger partial charge in [-0.3, -0.25) is 9.78 Å². The third-order valence-electron chi connectivity index (χ3n) is 3.76. The highest BCUT2D eigenvalue weighted by molar-refractivity contribution is 5.92. The minimum Gasteiger partial charge on any atom is -0.497 e. The number of ether oxygens (including phenoxy) is 1. The highest BCUT2D eigenvalue weighted by atomic mass is 16.5. The van der Waals surface area contributed by atoms with E-state index in [1.807, 2.05) is 36.1 Å². The van der Waals surface area contributed by atoms with Gasteiger partial charge in [-0.25, -0.2) is 4.98 Å². The van der Waals surface area contributed by atoms with Gasteiger partial charge in [0.05, 0.1) is 19.0 Å². The van der Waals surface area contributed by atoms with Crippen LogP contribution in [0.1, 0.15) is 34.6 Å². The second-order valence-corrected chi connectivity index (χ2v) is 5.56. The third-order valence-corrected chi connectivity index (χ3v) is 3.76. The molecule has 114 valence electrons. The molecule has 0 atom stereocenters. The van der Waals surface area contributed by atoms with Crippen LogP contribution in [-0.4, -0.2) is 33.9 Å². The van der Waals surface area contributed by atoms with Crippen LogP contribution in [0, 0.1) is 6.92 Å². The van der Waals surface area contributed by atoms with E-state index in [1.54, 1.807) is 19.5 Å². The quantitative estimate of drug-likeness (QED) is 0.851. The Balaban J connectivity index is 1.77. The van der Waals surface area contributed by atoms with E-state index in [0.29, 0.717) is 18.3 Å². The van der Waals surface area contributed by atoms with Crippen LogP contribution in [0.25, 0.3) is 0 Å². The molecular weight excluding hydrogens is 278 g/mol. The van der Waals surface area contributed by atoms with Crippen LogP contribution in [0.3, 0.4) is 0 Å². The molecule has 0 radical (unpaired) electrons. The minimum atomic E-state index is -0.0502. The fourth-order valence-electron chi connectivity index (χ4n) is 2.33. The number of carbonyl (C=O) groups is 1. The molecule has 22 heavy (non-hydrogen) atoms. The molecule has 1 aromatic carbocycles. The first-order valence-electron chi connectivity index (χ1n) is 7.40. The van der Waals surface area contributed by atoms with E-state index in [2.05, 4.69) is 9.97 Å². The second kappa shape index (κ2) is 6.13. The van der Waals surface area contributed by atoms with E-state index >= 15 is 0 Å². The Hall–Kier alpha value is -2.43. The zero-order valence-electron chi connectivity index (χ0n) is 12.8. The zero-order valence-corrected chi connectivity index (χ0v) is 12.8. The van der Waals surface area contributed by atoms with Crippen molar-refractivity contribution in [1.29, 1.82) is 0 Å². The molecule has 3 rings (SSSR count). The molecule has 5 nitrogen and oxygen atoms in total. The van der Waals surface area contributed by atoms with Crippen LogP contribution < -0.4 is 4.74 Å². The average Bonchev–Trinajstić information content (AvgIpc) is 3.38. The summed E-state index contributed by atoms with van der Waals surface area (Å²) in [6.45, 7) is 2.44. The van der Waals surface area contributed by atoms with Crippen LogP contribution in [0.5, 0.6) is 5.75 Å². The van der Waals surface area contributed by atoms with Gasteiger partial charge < -0.3 is 9.64 Å². The van der Waals surface area contributed by atoms with Gasteiger partial charge in [0, 0.05) is 18.8 Å². The normalized spacial score (nSPS) is 13.7. The monoisotopic (exact) mass is 297 g/mol. The van der Waals surface area contributed by atoms with E-state index in [4.69, 9.17) is 4.74 Å². The Morgan fingerprint density at radius 2 is 1.95 bits per heavy atom. The van der Waals surface area contributed by atoms with Crippen molar-refractivity contribution in [3.05, 3.63) is 53.6 Å². The highest BCUT2D eigenvalue weighted by Gasteiger charge is 2.33. The topological polar surface area (TPSA) is 55.3 Å². The molecule has 0 bridgehead atoms. The van der Waals surface area contributed by atoms with E-state index in [0.717, 1.165) is 29.8 Å². The van der Waals surface area contributed by atoms with Gasteiger partial charge in [-0.05, 0) is 37.5 Å². The summed E-state index contributed by atoms with van der Waals surface area (Å²) in [7, 11) is 1.64. The first-order valence-corrected chi connectivity index (χ1v) is 7.40. The molecule has 0 spiro atoms. The van der Waals surface area contributed by atoms with Gasteiger partial charge in [0.25, 0.3) is 5.91 Å². The van der Waals surface area contributed by atoms with E-state index in [-0.39, 0.29) is 5.91 Å². The van der Waals surface area contributed by atoms with Crippen molar-refractivity contribution in [2.45, 2.75) is 32.4 Å². The maximum absolute atomic E-state index is 12.7. The van der Waals surface area contributed by atoms with Crippen LogP contribution in [0.15, 0.2) is 36.7 Å². The zero-order chi connectivity index (χ0) is 15.5. The number of aromatic nitrogens is 2. The number of carbonyl (C=O) groups excluding carboxylic acids is 1. The predicted molar refractivity (Wildman–Crippen MR) is 82.7 cm³/mol. The Morgan fingerprint density at radius 3 is 2.50 bits per heavy atom. The lowest BCUT2D eigenvalue weighted by atomic mass is 10.2. The number of benzene rings is 1. The highest BCUT2D eigenvalue weighted by Crippen LogP contribution is 2.29. The lowest BCUT2D eigenvalue weighted by molar-refractivity contribution is 0.0723. The van der Waals surface area contributed by atoms with Gasteiger partial charge in [0.1, 0.15) is 11.4 Å². The number of aryl methyl sites for hydroxylation is 1. The van der Waals surface area contributed by atoms with Crippen molar-refractivity contribution in [2.24, 2.45) is 0 Å². The van der Waals surface area contributed by atoms with Crippen LogP contribution in [0.2, 0.25) is 0 Å². The molecule has 5 heteroatoms. The van der Waals surface area contributed by atoms with E-state index in [9.17, 15) is 4.79 Å². The second-order valence-electron chi connectivity index (χ2n) is 5.56. The lowest BCUT2D eigenvalue weighted by Crippen LogP contribution is -2.33. The average molecular weight is 297 g/mol. The van der Waals surface area contributed by atoms with Crippen molar-refractivity contribution in [2.75, 3.05) is 7.11 Å². The Labute approximate surface area is 130 Å². The summed E-state index contributed by atoms with van der Waals surface area (Å²) in [5.74, 6) is 0.767. The number of methoxy groups -OCH3 is 1. The summed E-state index contributed by atoms with van der Waals surface area (Å²) >= 11 is 0. The molecule has 1 aliphatic carbocycles. The molecule has 1 saturated carbocycles. The molecular formula is C17H19N3O2. The fraction of sp³-hybridized carbons (Fsp3) is 0.353. The molecule has 1 heterocycles. The molecule has 0 aliphatic heterocycles. The summed E-state index contributed by atoms with van der Waals surface area (Å²) in [5, 5.41) is 0. The van der Waals surface area contributed by atoms with E-state index < -0.39 is 0 Å². The van der Waals surface area contributed by atoms with Crippen LogP contribution in [0.4, 0.5) is 0 Å². The number of hydrogen-bond donors (Lipinski definition) is 0. The SMILES string of the molecule is COc1ccc(CN(C(=O)c2cnc(C)cn2)C2CC2)cc1. The summed E-state index contributed by atoms with van der Waals surface area (Å²) < 4.78 is 5.16. The molecule has 1 amide bonds. The fourth-order valence-corrected chi connectivity index (χ4v) is 2.33. The van der Waals surface area contributed by atoms with Crippen molar-refractivity contribution < 1.29 is 9.53 Å². The Morgan fingerprint density at radius 1 is 1.23 bits per heavy atom. The first kappa shape index (κ1) is 14.5. The largest absolute Gasteiger partial charge is 0.497 e. The number of hydrogen-bond acceptors (Lipinski definition) is 4. The maximum atomic E-state index is 12.7. The molecule has 1 aromatic heterocycles. The molecule has 0 unspecified atom stereocenters. The molecule has 1 fully saturated rings.